The van der Waals surface area contributed by atoms with Crippen molar-refractivity contribution in [2.75, 3.05) is 7.05 Å². The molecule has 1 fully saturated rings. The van der Waals surface area contributed by atoms with Gasteiger partial charge in [0.05, 0.1) is 6.07 Å². The Morgan fingerprint density at radius 1 is 1.20 bits per heavy atom. The molecular formula is C17H22N2O. The van der Waals surface area contributed by atoms with Gasteiger partial charge in [-0.05, 0) is 49.9 Å². The summed E-state index contributed by atoms with van der Waals surface area (Å²) < 4.78 is 0. The van der Waals surface area contributed by atoms with Crippen LogP contribution in [0, 0.1) is 25.2 Å². The lowest BCUT2D eigenvalue weighted by molar-refractivity contribution is 0.0589. The summed E-state index contributed by atoms with van der Waals surface area (Å²) in [5, 5.41) is 9.56. The Kier molecular flexibility index (Phi) is 4.13. The molecule has 3 heteroatoms. The van der Waals surface area contributed by atoms with Crippen LogP contribution < -0.4 is 0 Å². The van der Waals surface area contributed by atoms with Crippen molar-refractivity contribution in [1.82, 2.24) is 4.90 Å². The van der Waals surface area contributed by atoms with Crippen molar-refractivity contribution < 1.29 is 4.79 Å². The molecule has 0 N–H and O–H groups in total. The second-order valence-corrected chi connectivity index (χ2v) is 5.87. The quantitative estimate of drug-likeness (QED) is 0.824. The fourth-order valence-corrected chi connectivity index (χ4v) is 2.92. The first kappa shape index (κ1) is 14.6. The van der Waals surface area contributed by atoms with E-state index in [0.29, 0.717) is 5.56 Å². The molecule has 20 heavy (non-hydrogen) atoms. The summed E-state index contributed by atoms with van der Waals surface area (Å²) in [6.07, 6.45) is 4.79. The average Bonchev–Trinajstić information content (AvgIpc) is 2.49. The zero-order chi connectivity index (χ0) is 14.8. The molecule has 106 valence electrons. The average molecular weight is 270 g/mol. The van der Waals surface area contributed by atoms with Gasteiger partial charge in [0.1, 0.15) is 5.54 Å². The second kappa shape index (κ2) is 5.66. The number of benzene rings is 1. The lowest BCUT2D eigenvalue weighted by atomic mass is 9.81. The van der Waals surface area contributed by atoms with E-state index < -0.39 is 5.54 Å². The molecule has 0 aromatic heterocycles. The van der Waals surface area contributed by atoms with E-state index in [0.717, 1.165) is 37.7 Å². The van der Waals surface area contributed by atoms with E-state index in [4.69, 9.17) is 0 Å². The summed E-state index contributed by atoms with van der Waals surface area (Å²) in [7, 11) is 1.77. The normalized spacial score (nSPS) is 17.3. The molecule has 1 aliphatic carbocycles. The number of nitriles is 1. The van der Waals surface area contributed by atoms with Crippen LogP contribution in [-0.2, 0) is 0 Å². The van der Waals surface area contributed by atoms with E-state index in [2.05, 4.69) is 6.07 Å². The molecule has 1 aromatic rings. The highest BCUT2D eigenvalue weighted by Gasteiger charge is 2.39. The third-order valence-electron chi connectivity index (χ3n) is 4.59. The molecule has 1 aromatic carbocycles. The van der Waals surface area contributed by atoms with Crippen LogP contribution in [0.1, 0.15) is 53.6 Å². The number of hydrogen-bond donors (Lipinski definition) is 0. The van der Waals surface area contributed by atoms with Crippen molar-refractivity contribution in [3.63, 3.8) is 0 Å². The maximum absolute atomic E-state index is 12.6. The van der Waals surface area contributed by atoms with Gasteiger partial charge in [0.25, 0.3) is 5.91 Å². The highest BCUT2D eigenvalue weighted by Crippen LogP contribution is 2.33. The van der Waals surface area contributed by atoms with E-state index in [1.165, 1.54) is 5.56 Å². The van der Waals surface area contributed by atoms with E-state index in [1.807, 2.05) is 32.0 Å². The number of hydrogen-bond acceptors (Lipinski definition) is 2. The molecular weight excluding hydrogens is 248 g/mol. The molecule has 2 rings (SSSR count). The lowest BCUT2D eigenvalue weighted by Crippen LogP contribution is -2.49. The van der Waals surface area contributed by atoms with Crippen LogP contribution in [0.15, 0.2) is 18.2 Å². The van der Waals surface area contributed by atoms with Crippen molar-refractivity contribution in [2.45, 2.75) is 51.5 Å². The minimum atomic E-state index is -0.617. The minimum Gasteiger partial charge on any atom is -0.323 e. The standard InChI is InChI=1S/C17H22N2O/c1-13-7-8-15(11-14(13)2)16(20)19(3)17(12-18)9-5-4-6-10-17/h7-8,11H,4-6,9-10H2,1-3H3. The molecule has 3 nitrogen and oxygen atoms in total. The van der Waals surface area contributed by atoms with Crippen LogP contribution in [-0.4, -0.2) is 23.4 Å². The molecule has 1 amide bonds. The summed E-state index contributed by atoms with van der Waals surface area (Å²) in [5.41, 5.74) is 2.35. The van der Waals surface area contributed by atoms with Crippen molar-refractivity contribution in [2.24, 2.45) is 0 Å². The highest BCUT2D eigenvalue weighted by molar-refractivity contribution is 5.95. The smallest absolute Gasteiger partial charge is 0.254 e. The molecule has 0 aliphatic heterocycles. The Morgan fingerprint density at radius 2 is 1.85 bits per heavy atom. The van der Waals surface area contributed by atoms with Crippen LogP contribution >= 0.6 is 0 Å². The monoisotopic (exact) mass is 270 g/mol. The first-order chi connectivity index (χ1) is 9.50. The van der Waals surface area contributed by atoms with Crippen molar-refractivity contribution >= 4 is 5.91 Å². The Hall–Kier alpha value is -1.82. The van der Waals surface area contributed by atoms with Crippen LogP contribution in [0.3, 0.4) is 0 Å². The molecule has 0 saturated heterocycles. The number of rotatable bonds is 2. The number of carbonyl (C=O) groups is 1. The third kappa shape index (κ3) is 2.56. The van der Waals surface area contributed by atoms with Crippen molar-refractivity contribution in [1.29, 1.82) is 5.26 Å². The summed E-state index contributed by atoms with van der Waals surface area (Å²) in [4.78, 5) is 14.3. The molecule has 0 radical (unpaired) electrons. The van der Waals surface area contributed by atoms with Gasteiger partial charge in [0.15, 0.2) is 0 Å². The predicted octanol–water partition coefficient (Wildman–Crippen LogP) is 3.60. The van der Waals surface area contributed by atoms with Gasteiger partial charge in [-0.15, -0.1) is 0 Å². The lowest BCUT2D eigenvalue weighted by Gasteiger charge is -2.39. The molecule has 0 atom stereocenters. The van der Waals surface area contributed by atoms with Gasteiger partial charge in [-0.25, -0.2) is 0 Å². The first-order valence-corrected chi connectivity index (χ1v) is 7.27. The fourth-order valence-electron chi connectivity index (χ4n) is 2.92. The van der Waals surface area contributed by atoms with Crippen molar-refractivity contribution in [3.8, 4) is 6.07 Å². The van der Waals surface area contributed by atoms with Crippen LogP contribution in [0.5, 0.6) is 0 Å². The summed E-state index contributed by atoms with van der Waals surface area (Å²) >= 11 is 0. The molecule has 0 spiro atoms. The number of nitrogens with zero attached hydrogens (tertiary/aromatic N) is 2. The second-order valence-electron chi connectivity index (χ2n) is 5.87. The molecule has 0 unspecified atom stereocenters. The molecule has 0 bridgehead atoms. The largest absolute Gasteiger partial charge is 0.323 e. The van der Waals surface area contributed by atoms with Gasteiger partial charge in [0, 0.05) is 12.6 Å². The van der Waals surface area contributed by atoms with Gasteiger partial charge in [-0.3, -0.25) is 4.79 Å². The zero-order valence-corrected chi connectivity index (χ0v) is 12.6. The van der Waals surface area contributed by atoms with Crippen molar-refractivity contribution in [3.05, 3.63) is 34.9 Å². The van der Waals surface area contributed by atoms with Gasteiger partial charge in [0.2, 0.25) is 0 Å². The maximum Gasteiger partial charge on any atom is 0.254 e. The van der Waals surface area contributed by atoms with Crippen LogP contribution in [0.2, 0.25) is 0 Å². The topological polar surface area (TPSA) is 44.1 Å². The molecule has 0 heterocycles. The number of carbonyl (C=O) groups excluding carboxylic acids is 1. The fraction of sp³-hybridized carbons (Fsp3) is 0.529. The number of aryl methyl sites for hydroxylation is 2. The molecule has 1 aliphatic rings. The van der Waals surface area contributed by atoms with Crippen LogP contribution in [0.4, 0.5) is 0 Å². The summed E-state index contributed by atoms with van der Waals surface area (Å²) in [5.74, 6) is -0.0449. The number of amides is 1. The Morgan fingerprint density at radius 3 is 2.40 bits per heavy atom. The van der Waals surface area contributed by atoms with Crippen LogP contribution in [0.25, 0.3) is 0 Å². The molecule has 1 saturated carbocycles. The van der Waals surface area contributed by atoms with Gasteiger partial charge < -0.3 is 4.90 Å². The predicted molar refractivity (Wildman–Crippen MR) is 79.4 cm³/mol. The van der Waals surface area contributed by atoms with E-state index in [-0.39, 0.29) is 5.91 Å². The maximum atomic E-state index is 12.6. The van der Waals surface area contributed by atoms with E-state index >= 15 is 0 Å². The minimum absolute atomic E-state index is 0.0449. The Bertz CT molecular complexity index is 551. The summed E-state index contributed by atoms with van der Waals surface area (Å²) in [6.45, 7) is 4.04. The first-order valence-electron chi connectivity index (χ1n) is 7.27. The zero-order valence-electron chi connectivity index (χ0n) is 12.6. The van der Waals surface area contributed by atoms with E-state index in [1.54, 1.807) is 11.9 Å². The Labute approximate surface area is 121 Å². The highest BCUT2D eigenvalue weighted by atomic mass is 16.2. The van der Waals surface area contributed by atoms with E-state index in [9.17, 15) is 10.1 Å². The van der Waals surface area contributed by atoms with Gasteiger partial charge >= 0.3 is 0 Å². The summed E-state index contributed by atoms with van der Waals surface area (Å²) in [6, 6.07) is 8.14. The third-order valence-corrected chi connectivity index (χ3v) is 4.59. The Balaban J connectivity index is 2.27. The van der Waals surface area contributed by atoms with Gasteiger partial charge in [-0.1, -0.05) is 25.3 Å². The SMILES string of the molecule is Cc1ccc(C(=O)N(C)C2(C#N)CCCCC2)cc1C. The van der Waals surface area contributed by atoms with Gasteiger partial charge in [-0.2, -0.15) is 5.26 Å².